The lowest BCUT2D eigenvalue weighted by molar-refractivity contribution is 0.145. The fourth-order valence-corrected chi connectivity index (χ4v) is 3.57. The molecular weight excluding hydrogens is 434 g/mol. The number of carbonyl (C=O) groups is 1. The van der Waals surface area contributed by atoms with E-state index in [4.69, 9.17) is 14.2 Å². The fraction of sp³-hybridized carbons (Fsp3) is 0.182. The molecule has 2 N–H and O–H groups in total. The van der Waals surface area contributed by atoms with Crippen LogP contribution in [0.2, 0.25) is 0 Å². The number of nitrogens with zero attached hydrogens (tertiary/aromatic N) is 1. The smallest absolute Gasteiger partial charge is 0.414 e. The number of carbonyl (C=O) groups excluding carboxylic acids is 1. The zero-order valence-corrected chi connectivity index (χ0v) is 18.2. The van der Waals surface area contributed by atoms with E-state index in [1.165, 1.54) is 30.5 Å². The van der Waals surface area contributed by atoms with E-state index in [1.807, 2.05) is 25.1 Å². The zero-order chi connectivity index (χ0) is 22.8. The van der Waals surface area contributed by atoms with Gasteiger partial charge in [0, 0.05) is 19.2 Å². The van der Waals surface area contributed by atoms with Crippen LogP contribution in [-0.2, 0) is 14.8 Å². The maximum Gasteiger partial charge on any atom is 0.414 e. The average Bonchev–Trinajstić information content (AvgIpc) is 2.79. The van der Waals surface area contributed by atoms with Gasteiger partial charge in [-0.2, -0.15) is 0 Å². The van der Waals surface area contributed by atoms with Crippen LogP contribution >= 0.6 is 0 Å². The van der Waals surface area contributed by atoms with Crippen molar-refractivity contribution in [1.29, 1.82) is 0 Å². The lowest BCUT2D eigenvalue weighted by Gasteiger charge is -2.10. The Labute approximate surface area is 186 Å². The van der Waals surface area contributed by atoms with Gasteiger partial charge < -0.3 is 19.5 Å². The van der Waals surface area contributed by atoms with Crippen molar-refractivity contribution in [1.82, 2.24) is 10.3 Å². The predicted octanol–water partition coefficient (Wildman–Crippen LogP) is 3.80. The van der Waals surface area contributed by atoms with Crippen LogP contribution in [0.25, 0.3) is 0 Å². The van der Waals surface area contributed by atoms with Crippen LogP contribution in [0.5, 0.6) is 17.4 Å². The van der Waals surface area contributed by atoms with E-state index in [-0.39, 0.29) is 16.5 Å². The third kappa shape index (κ3) is 6.96. The molecule has 0 saturated carbocycles. The maximum absolute atomic E-state index is 12.6. The minimum Gasteiger partial charge on any atom is -0.457 e. The normalized spacial score (nSPS) is 10.9. The molecular formula is C22H23N3O6S. The van der Waals surface area contributed by atoms with Gasteiger partial charge in [-0.05, 0) is 49.4 Å². The molecule has 2 aromatic carbocycles. The SMILES string of the molecule is CCOCCNC(=O)Oc1ccc(NS(=O)(=O)c2ccc(Oc3ccccc3)cc2)cn1. The Bertz CT molecular complexity index is 1100. The molecule has 1 amide bonds. The van der Waals surface area contributed by atoms with Crippen LogP contribution in [0, 0.1) is 0 Å². The summed E-state index contributed by atoms with van der Waals surface area (Å²) in [4.78, 5) is 15.7. The molecule has 0 unspecified atom stereocenters. The van der Waals surface area contributed by atoms with E-state index in [0.717, 1.165) is 0 Å². The summed E-state index contributed by atoms with van der Waals surface area (Å²) in [6.07, 6.45) is 0.580. The Morgan fingerprint density at radius 1 is 0.969 bits per heavy atom. The van der Waals surface area contributed by atoms with Gasteiger partial charge in [-0.25, -0.2) is 18.2 Å². The second kappa shape index (κ2) is 11.1. The van der Waals surface area contributed by atoms with Crippen molar-refractivity contribution in [3.8, 4) is 17.4 Å². The molecule has 3 rings (SSSR count). The van der Waals surface area contributed by atoms with Crippen LogP contribution in [0.4, 0.5) is 10.5 Å². The van der Waals surface area contributed by atoms with Gasteiger partial charge >= 0.3 is 6.09 Å². The Kier molecular flexibility index (Phi) is 8.01. The number of aromatic nitrogens is 1. The molecule has 32 heavy (non-hydrogen) atoms. The van der Waals surface area contributed by atoms with Crippen molar-refractivity contribution >= 4 is 21.8 Å². The monoisotopic (exact) mass is 457 g/mol. The molecule has 1 aromatic heterocycles. The number of sulfonamides is 1. The van der Waals surface area contributed by atoms with Gasteiger partial charge in [0.15, 0.2) is 0 Å². The van der Waals surface area contributed by atoms with Crippen molar-refractivity contribution in [3.63, 3.8) is 0 Å². The summed E-state index contributed by atoms with van der Waals surface area (Å²) in [5.41, 5.74) is 0.221. The molecule has 0 fully saturated rings. The first kappa shape index (κ1) is 23.0. The molecule has 0 aliphatic carbocycles. The summed E-state index contributed by atoms with van der Waals surface area (Å²) in [5.74, 6) is 1.19. The molecule has 0 aliphatic heterocycles. The summed E-state index contributed by atoms with van der Waals surface area (Å²) in [6.45, 7) is 3.09. The highest BCUT2D eigenvalue weighted by Gasteiger charge is 2.15. The van der Waals surface area contributed by atoms with Gasteiger partial charge in [-0.1, -0.05) is 18.2 Å². The molecule has 0 spiro atoms. The van der Waals surface area contributed by atoms with Crippen LogP contribution < -0.4 is 19.5 Å². The van der Waals surface area contributed by atoms with E-state index in [0.29, 0.717) is 31.3 Å². The summed E-state index contributed by atoms with van der Waals surface area (Å²) < 4.78 is 43.5. The molecule has 0 saturated heterocycles. The first-order chi connectivity index (χ1) is 15.5. The second-order valence-electron chi connectivity index (χ2n) is 6.39. The van der Waals surface area contributed by atoms with Gasteiger partial charge in [-0.3, -0.25) is 4.72 Å². The number of amides is 1. The minimum absolute atomic E-state index is 0.0317. The number of nitrogens with one attached hydrogen (secondary N) is 2. The summed E-state index contributed by atoms with van der Waals surface area (Å²) in [6, 6.07) is 18.0. The van der Waals surface area contributed by atoms with Gasteiger partial charge in [0.2, 0.25) is 5.88 Å². The van der Waals surface area contributed by atoms with Crippen molar-refractivity contribution in [2.75, 3.05) is 24.5 Å². The molecule has 0 atom stereocenters. The van der Waals surface area contributed by atoms with E-state index in [2.05, 4.69) is 15.0 Å². The third-order valence-electron chi connectivity index (χ3n) is 4.02. The highest BCUT2D eigenvalue weighted by atomic mass is 32.2. The topological polar surface area (TPSA) is 116 Å². The third-order valence-corrected chi connectivity index (χ3v) is 5.42. The highest BCUT2D eigenvalue weighted by Crippen LogP contribution is 2.24. The summed E-state index contributed by atoms with van der Waals surface area (Å²) in [7, 11) is -3.84. The number of anilines is 1. The van der Waals surface area contributed by atoms with Crippen molar-refractivity contribution in [2.45, 2.75) is 11.8 Å². The number of ether oxygens (including phenoxy) is 3. The van der Waals surface area contributed by atoms with Gasteiger partial charge in [-0.15, -0.1) is 0 Å². The number of para-hydroxylation sites is 1. The number of hydrogen-bond donors (Lipinski definition) is 2. The second-order valence-corrected chi connectivity index (χ2v) is 8.07. The van der Waals surface area contributed by atoms with Crippen LogP contribution in [0.3, 0.4) is 0 Å². The molecule has 168 valence electrons. The van der Waals surface area contributed by atoms with E-state index >= 15 is 0 Å². The lowest BCUT2D eigenvalue weighted by atomic mass is 10.3. The predicted molar refractivity (Wildman–Crippen MR) is 119 cm³/mol. The highest BCUT2D eigenvalue weighted by molar-refractivity contribution is 7.92. The van der Waals surface area contributed by atoms with Crippen LogP contribution in [0.1, 0.15) is 6.92 Å². The minimum atomic E-state index is -3.84. The molecule has 10 heteroatoms. The molecule has 0 radical (unpaired) electrons. The van der Waals surface area contributed by atoms with Crippen molar-refractivity contribution in [2.24, 2.45) is 0 Å². The Balaban J connectivity index is 1.56. The maximum atomic E-state index is 12.6. The fourth-order valence-electron chi connectivity index (χ4n) is 2.53. The number of benzene rings is 2. The first-order valence-corrected chi connectivity index (χ1v) is 11.3. The molecule has 1 heterocycles. The van der Waals surface area contributed by atoms with E-state index in [9.17, 15) is 13.2 Å². The standard InChI is InChI=1S/C22H23N3O6S/c1-2-29-15-14-23-22(26)31-21-13-8-17(16-24-21)25-32(27,28)20-11-9-19(10-12-20)30-18-6-4-3-5-7-18/h3-13,16,25H,2,14-15H2,1H3,(H,23,26). The van der Waals surface area contributed by atoms with Gasteiger partial charge in [0.1, 0.15) is 11.5 Å². The quantitative estimate of drug-likeness (QED) is 0.445. The Hall–Kier alpha value is -3.63. The number of pyridine rings is 1. The van der Waals surface area contributed by atoms with E-state index in [1.54, 1.807) is 24.3 Å². The first-order valence-electron chi connectivity index (χ1n) is 9.81. The molecule has 3 aromatic rings. The van der Waals surface area contributed by atoms with Crippen LogP contribution in [-0.4, -0.2) is 39.3 Å². The molecule has 0 bridgehead atoms. The van der Waals surface area contributed by atoms with E-state index < -0.39 is 16.1 Å². The molecule has 0 aliphatic rings. The summed E-state index contributed by atoms with van der Waals surface area (Å²) >= 11 is 0. The largest absolute Gasteiger partial charge is 0.457 e. The van der Waals surface area contributed by atoms with Gasteiger partial charge in [0.05, 0.1) is 23.4 Å². The lowest BCUT2D eigenvalue weighted by Crippen LogP contribution is -2.30. The average molecular weight is 458 g/mol. The zero-order valence-electron chi connectivity index (χ0n) is 17.4. The Morgan fingerprint density at radius 2 is 1.69 bits per heavy atom. The number of hydrogen-bond acceptors (Lipinski definition) is 7. The number of rotatable bonds is 10. The summed E-state index contributed by atoms with van der Waals surface area (Å²) in [5, 5.41) is 2.51. The Morgan fingerprint density at radius 3 is 2.34 bits per heavy atom. The van der Waals surface area contributed by atoms with Crippen molar-refractivity contribution in [3.05, 3.63) is 72.9 Å². The van der Waals surface area contributed by atoms with Crippen LogP contribution in [0.15, 0.2) is 77.8 Å². The van der Waals surface area contributed by atoms with Crippen molar-refractivity contribution < 1.29 is 27.4 Å². The molecule has 9 nitrogen and oxygen atoms in total. The van der Waals surface area contributed by atoms with Gasteiger partial charge in [0.25, 0.3) is 10.0 Å².